The normalized spacial score (nSPS) is 12.3. The maximum absolute atomic E-state index is 12.9. The van der Waals surface area contributed by atoms with Crippen molar-refractivity contribution in [2.75, 3.05) is 0 Å². The Morgan fingerprint density at radius 2 is 2.15 bits per heavy atom. The zero-order valence-corrected chi connectivity index (χ0v) is 15.9. The van der Waals surface area contributed by atoms with Crippen molar-refractivity contribution in [3.05, 3.63) is 58.7 Å². The molecule has 138 valence electrons. The second-order valence-corrected chi connectivity index (χ2v) is 7.41. The number of thiophene rings is 1. The van der Waals surface area contributed by atoms with Gasteiger partial charge in [-0.15, -0.1) is 21.5 Å². The van der Waals surface area contributed by atoms with Crippen LogP contribution in [0.5, 0.6) is 0 Å². The van der Waals surface area contributed by atoms with Crippen LogP contribution in [0.25, 0.3) is 0 Å². The van der Waals surface area contributed by atoms with E-state index < -0.39 is 0 Å². The molecule has 3 aromatic rings. The summed E-state index contributed by atoms with van der Waals surface area (Å²) >= 11 is 1.63. The quantitative estimate of drug-likeness (QED) is 0.679. The molecule has 0 aliphatic heterocycles. The molecule has 0 bridgehead atoms. The number of furan rings is 1. The number of aromatic nitrogens is 3. The summed E-state index contributed by atoms with van der Waals surface area (Å²) in [6.07, 6.45) is 3.30. The minimum absolute atomic E-state index is 0.166. The summed E-state index contributed by atoms with van der Waals surface area (Å²) in [6.45, 7) is 6.95. The number of nitrogens with one attached hydrogen (secondary N) is 1. The molecule has 1 N–H and O–H groups in total. The summed E-state index contributed by atoms with van der Waals surface area (Å²) in [4.78, 5) is 15.8. The fourth-order valence-corrected chi connectivity index (χ4v) is 3.40. The van der Waals surface area contributed by atoms with Crippen LogP contribution >= 0.6 is 11.3 Å². The van der Waals surface area contributed by atoms with Crippen molar-refractivity contribution in [3.63, 3.8) is 0 Å². The third-order valence-corrected chi connectivity index (χ3v) is 4.89. The summed E-state index contributed by atoms with van der Waals surface area (Å²) in [6, 6.07) is 7.50. The fourth-order valence-electron chi connectivity index (χ4n) is 2.68. The van der Waals surface area contributed by atoms with Crippen LogP contribution in [0.3, 0.4) is 0 Å². The first-order valence-electron chi connectivity index (χ1n) is 8.54. The summed E-state index contributed by atoms with van der Waals surface area (Å²) < 4.78 is 7.38. The van der Waals surface area contributed by atoms with Crippen molar-refractivity contribution in [2.45, 2.75) is 45.9 Å². The van der Waals surface area contributed by atoms with Gasteiger partial charge >= 0.3 is 6.03 Å². The van der Waals surface area contributed by atoms with Gasteiger partial charge in [0.25, 0.3) is 0 Å². The highest BCUT2D eigenvalue weighted by atomic mass is 32.1. The van der Waals surface area contributed by atoms with Gasteiger partial charge in [-0.05, 0) is 44.4 Å². The first-order chi connectivity index (χ1) is 12.5. The maximum atomic E-state index is 12.9. The monoisotopic (exact) mass is 373 g/mol. The summed E-state index contributed by atoms with van der Waals surface area (Å²) in [5, 5.41) is 13.2. The zero-order chi connectivity index (χ0) is 18.5. The molecule has 7 nitrogen and oxygen atoms in total. The Kier molecular flexibility index (Phi) is 5.72. The lowest BCUT2D eigenvalue weighted by Gasteiger charge is -2.24. The predicted molar refractivity (Wildman–Crippen MR) is 99.6 cm³/mol. The second-order valence-electron chi connectivity index (χ2n) is 6.38. The molecule has 0 saturated heterocycles. The number of hydrogen-bond donors (Lipinski definition) is 1. The van der Waals surface area contributed by atoms with Crippen molar-refractivity contribution in [2.24, 2.45) is 0 Å². The van der Waals surface area contributed by atoms with Crippen molar-refractivity contribution >= 4 is 17.4 Å². The minimum atomic E-state index is -0.255. The van der Waals surface area contributed by atoms with Crippen molar-refractivity contribution < 1.29 is 9.21 Å². The molecule has 0 saturated carbocycles. The van der Waals surface area contributed by atoms with Crippen molar-refractivity contribution in [1.82, 2.24) is 25.0 Å². The minimum Gasteiger partial charge on any atom is -0.467 e. The average Bonchev–Trinajstić information content (AvgIpc) is 3.36. The Morgan fingerprint density at radius 1 is 1.31 bits per heavy atom. The highest BCUT2D eigenvalue weighted by Gasteiger charge is 2.22. The molecule has 2 amide bonds. The summed E-state index contributed by atoms with van der Waals surface area (Å²) in [7, 11) is 0. The third kappa shape index (κ3) is 4.32. The van der Waals surface area contributed by atoms with Crippen LogP contribution in [0.15, 0.2) is 46.7 Å². The van der Waals surface area contributed by atoms with E-state index in [9.17, 15) is 4.79 Å². The van der Waals surface area contributed by atoms with Crippen molar-refractivity contribution in [1.29, 1.82) is 0 Å². The Bertz CT molecular complexity index is 774. The van der Waals surface area contributed by atoms with Gasteiger partial charge in [0.2, 0.25) is 0 Å². The molecule has 3 rings (SSSR count). The van der Waals surface area contributed by atoms with Crippen LogP contribution in [0.1, 0.15) is 49.3 Å². The van der Waals surface area contributed by atoms with E-state index in [0.717, 1.165) is 16.5 Å². The Hall–Kier alpha value is -2.61. The van der Waals surface area contributed by atoms with E-state index in [-0.39, 0.29) is 18.1 Å². The van der Waals surface area contributed by atoms with E-state index in [1.54, 1.807) is 28.8 Å². The molecule has 8 heteroatoms. The van der Waals surface area contributed by atoms with Crippen LogP contribution in [0.2, 0.25) is 0 Å². The number of nitrogens with zero attached hydrogens (tertiary/aromatic N) is 4. The van der Waals surface area contributed by atoms with Crippen LogP contribution in [-0.4, -0.2) is 25.7 Å². The molecule has 26 heavy (non-hydrogen) atoms. The molecule has 1 atom stereocenters. The Morgan fingerprint density at radius 3 is 2.81 bits per heavy atom. The van der Waals surface area contributed by atoms with Gasteiger partial charge in [-0.3, -0.25) is 0 Å². The highest BCUT2D eigenvalue weighted by molar-refractivity contribution is 7.09. The van der Waals surface area contributed by atoms with Crippen LogP contribution < -0.4 is 5.32 Å². The molecule has 0 spiro atoms. The molecule has 0 aliphatic rings. The second kappa shape index (κ2) is 8.18. The molecule has 0 radical (unpaired) electrons. The van der Waals surface area contributed by atoms with Crippen LogP contribution in [0, 0.1) is 0 Å². The smallest absolute Gasteiger partial charge is 0.318 e. The Balaban J connectivity index is 1.72. The first-order valence-corrected chi connectivity index (χ1v) is 9.42. The number of carbonyl (C=O) groups is 1. The lowest BCUT2D eigenvalue weighted by molar-refractivity contribution is 0.184. The molecule has 0 aliphatic carbocycles. The van der Waals surface area contributed by atoms with Gasteiger partial charge in [0.1, 0.15) is 12.1 Å². The van der Waals surface area contributed by atoms with E-state index >= 15 is 0 Å². The first kappa shape index (κ1) is 18.2. The van der Waals surface area contributed by atoms with Crippen LogP contribution in [-0.2, 0) is 13.1 Å². The maximum Gasteiger partial charge on any atom is 0.318 e. The van der Waals surface area contributed by atoms with Gasteiger partial charge in [0, 0.05) is 10.9 Å². The van der Waals surface area contributed by atoms with Gasteiger partial charge in [0.05, 0.1) is 25.4 Å². The predicted octanol–water partition coefficient (Wildman–Crippen LogP) is 3.99. The molecule has 3 heterocycles. The molecule has 0 fully saturated rings. The van der Waals surface area contributed by atoms with Gasteiger partial charge in [-0.2, -0.15) is 0 Å². The van der Waals surface area contributed by atoms with E-state index in [4.69, 9.17) is 4.42 Å². The molecular weight excluding hydrogens is 350 g/mol. The number of hydrogen-bond acceptors (Lipinski definition) is 5. The van der Waals surface area contributed by atoms with Crippen LogP contribution in [0.4, 0.5) is 4.79 Å². The lowest BCUT2D eigenvalue weighted by Crippen LogP contribution is -2.40. The largest absolute Gasteiger partial charge is 0.467 e. The van der Waals surface area contributed by atoms with Crippen molar-refractivity contribution in [3.8, 4) is 0 Å². The lowest BCUT2D eigenvalue weighted by atomic mass is 10.3. The van der Waals surface area contributed by atoms with Gasteiger partial charge in [-0.25, -0.2) is 4.79 Å². The number of urea groups is 1. The summed E-state index contributed by atoms with van der Waals surface area (Å²) in [5.74, 6) is 1.48. The summed E-state index contributed by atoms with van der Waals surface area (Å²) in [5.41, 5.74) is 0. The van der Waals surface area contributed by atoms with Gasteiger partial charge in [-0.1, -0.05) is 6.07 Å². The van der Waals surface area contributed by atoms with E-state index in [1.165, 1.54) is 0 Å². The number of amides is 2. The Labute approximate surface area is 156 Å². The third-order valence-electron chi connectivity index (χ3n) is 4.03. The van der Waals surface area contributed by atoms with E-state index in [2.05, 4.69) is 29.4 Å². The average molecular weight is 373 g/mol. The number of rotatable bonds is 7. The topological polar surface area (TPSA) is 76.2 Å². The van der Waals surface area contributed by atoms with Gasteiger partial charge < -0.3 is 19.2 Å². The zero-order valence-electron chi connectivity index (χ0n) is 15.1. The molecule has 3 aromatic heterocycles. The number of carbonyl (C=O) groups excluding carboxylic acids is 1. The standard InChI is InChI=1S/C18H23N5O2S/c1-13(2)23-12-19-21-17(23)14(3)20-18(24)22(10-15-6-4-8-25-15)11-16-7-5-9-26-16/h4-9,12-14H,10-11H2,1-3H3,(H,20,24)/t14-/m0/s1. The molecular formula is C18H23N5O2S. The van der Waals surface area contributed by atoms with E-state index in [1.807, 2.05) is 41.1 Å². The molecule has 0 aromatic carbocycles. The SMILES string of the molecule is CC(C)n1cnnc1[C@H](C)NC(=O)N(Cc1ccco1)Cc1cccs1. The van der Waals surface area contributed by atoms with E-state index in [0.29, 0.717) is 13.1 Å². The molecule has 0 unspecified atom stereocenters. The van der Waals surface area contributed by atoms with Gasteiger partial charge in [0.15, 0.2) is 5.82 Å². The fraction of sp³-hybridized carbons (Fsp3) is 0.389. The highest BCUT2D eigenvalue weighted by Crippen LogP contribution is 2.18.